The lowest BCUT2D eigenvalue weighted by atomic mass is 10.1. The van der Waals surface area contributed by atoms with E-state index >= 15 is 0 Å². The van der Waals surface area contributed by atoms with E-state index in [-0.39, 0.29) is 5.69 Å². The molecule has 76 valence electrons. The van der Waals surface area contributed by atoms with E-state index in [0.29, 0.717) is 6.42 Å². The van der Waals surface area contributed by atoms with Crippen LogP contribution in [0.2, 0.25) is 0 Å². The van der Waals surface area contributed by atoms with E-state index in [4.69, 9.17) is 0 Å². The molecule has 3 heteroatoms. The predicted octanol–water partition coefficient (Wildman–Crippen LogP) is 2.44. The van der Waals surface area contributed by atoms with Gasteiger partial charge in [0, 0.05) is 6.20 Å². The van der Waals surface area contributed by atoms with E-state index < -0.39 is 11.9 Å². The van der Waals surface area contributed by atoms with Gasteiger partial charge in [0.25, 0.3) is 0 Å². The summed E-state index contributed by atoms with van der Waals surface area (Å²) in [6, 6.07) is 2.87. The predicted molar refractivity (Wildman–Crippen MR) is 51.1 cm³/mol. The number of aliphatic hydroxyl groups is 1. The third-order valence-corrected chi connectivity index (χ3v) is 2.65. The van der Waals surface area contributed by atoms with Gasteiger partial charge in [-0.3, -0.25) is 4.98 Å². The van der Waals surface area contributed by atoms with E-state index in [0.717, 1.165) is 12.3 Å². The van der Waals surface area contributed by atoms with Crippen LogP contribution in [0.15, 0.2) is 18.3 Å². The van der Waals surface area contributed by atoms with Crippen molar-refractivity contribution in [2.75, 3.05) is 0 Å². The van der Waals surface area contributed by atoms with Crippen LogP contribution in [0.1, 0.15) is 37.5 Å². The Bertz CT molecular complexity index is 312. The maximum absolute atomic E-state index is 13.2. The molecule has 1 fully saturated rings. The lowest BCUT2D eigenvalue weighted by molar-refractivity contribution is 0.152. The van der Waals surface area contributed by atoms with Crippen LogP contribution < -0.4 is 0 Å². The summed E-state index contributed by atoms with van der Waals surface area (Å²) in [5, 5.41) is 9.68. The number of nitrogens with zero attached hydrogens (tertiary/aromatic N) is 1. The van der Waals surface area contributed by atoms with Crippen LogP contribution in [-0.2, 0) is 0 Å². The topological polar surface area (TPSA) is 33.1 Å². The number of aromatic nitrogens is 1. The van der Waals surface area contributed by atoms with Crippen molar-refractivity contribution in [2.45, 2.75) is 31.8 Å². The fraction of sp³-hybridized carbons (Fsp3) is 0.545. The lowest BCUT2D eigenvalue weighted by Crippen LogP contribution is -2.03. The fourth-order valence-electron chi connectivity index (χ4n) is 1.58. The molecule has 0 spiro atoms. The van der Waals surface area contributed by atoms with E-state index in [1.807, 2.05) is 0 Å². The lowest BCUT2D eigenvalue weighted by Gasteiger charge is -2.09. The van der Waals surface area contributed by atoms with Gasteiger partial charge in [-0.15, -0.1) is 0 Å². The van der Waals surface area contributed by atoms with Crippen molar-refractivity contribution in [3.8, 4) is 0 Å². The molecule has 2 nitrogen and oxygen atoms in total. The summed E-state index contributed by atoms with van der Waals surface area (Å²) in [5.41, 5.74) is 0.188. The van der Waals surface area contributed by atoms with Crippen LogP contribution in [0.5, 0.6) is 0 Å². The largest absolute Gasteiger partial charge is 0.387 e. The Labute approximate surface area is 82.8 Å². The molecule has 1 atom stereocenters. The highest BCUT2D eigenvalue weighted by molar-refractivity contribution is 5.09. The quantitative estimate of drug-likeness (QED) is 0.800. The first-order valence-electron chi connectivity index (χ1n) is 5.06. The van der Waals surface area contributed by atoms with E-state index in [9.17, 15) is 9.50 Å². The highest BCUT2D eigenvalue weighted by Gasteiger charge is 2.23. The Hall–Kier alpha value is -0.960. The highest BCUT2D eigenvalue weighted by Crippen LogP contribution is 2.35. The molecular formula is C11H14FNO. The molecule has 1 saturated carbocycles. The average Bonchev–Trinajstić information content (AvgIpc) is 2.98. The Morgan fingerprint density at radius 1 is 1.57 bits per heavy atom. The Morgan fingerprint density at radius 3 is 3.00 bits per heavy atom. The van der Waals surface area contributed by atoms with Crippen LogP contribution in [0, 0.1) is 11.7 Å². The van der Waals surface area contributed by atoms with E-state index in [1.165, 1.54) is 31.2 Å². The third kappa shape index (κ3) is 2.29. The van der Waals surface area contributed by atoms with Gasteiger partial charge in [-0.25, -0.2) is 4.39 Å². The molecule has 1 heterocycles. The minimum absolute atomic E-state index is 0.188. The Morgan fingerprint density at radius 2 is 2.36 bits per heavy atom. The van der Waals surface area contributed by atoms with Crippen LogP contribution in [0.4, 0.5) is 4.39 Å². The summed E-state index contributed by atoms with van der Waals surface area (Å²) < 4.78 is 13.2. The maximum atomic E-state index is 13.2. The SMILES string of the molecule is OC(CCC1CC1)c1ncccc1F. The van der Waals surface area contributed by atoms with Gasteiger partial charge in [0.15, 0.2) is 0 Å². The van der Waals surface area contributed by atoms with E-state index in [1.54, 1.807) is 0 Å². The molecule has 0 radical (unpaired) electrons. The van der Waals surface area contributed by atoms with Gasteiger partial charge in [-0.2, -0.15) is 0 Å². The highest BCUT2D eigenvalue weighted by atomic mass is 19.1. The monoisotopic (exact) mass is 195 g/mol. The molecule has 14 heavy (non-hydrogen) atoms. The molecule has 1 N–H and O–H groups in total. The molecule has 1 aromatic heterocycles. The van der Waals surface area contributed by atoms with Gasteiger partial charge in [-0.05, 0) is 30.9 Å². The van der Waals surface area contributed by atoms with Crippen molar-refractivity contribution >= 4 is 0 Å². The second-order valence-corrected chi connectivity index (χ2v) is 3.91. The zero-order chi connectivity index (χ0) is 9.97. The van der Waals surface area contributed by atoms with Gasteiger partial charge < -0.3 is 5.11 Å². The first kappa shape index (κ1) is 9.59. The minimum atomic E-state index is -0.739. The number of aliphatic hydroxyl groups excluding tert-OH is 1. The van der Waals surface area contributed by atoms with Gasteiger partial charge in [-0.1, -0.05) is 12.8 Å². The molecule has 0 amide bonds. The van der Waals surface area contributed by atoms with Crippen molar-refractivity contribution in [1.29, 1.82) is 0 Å². The molecular weight excluding hydrogens is 181 g/mol. The summed E-state index contributed by atoms with van der Waals surface area (Å²) in [6.07, 6.45) is 4.90. The summed E-state index contributed by atoms with van der Waals surface area (Å²) in [6.45, 7) is 0. The molecule has 0 saturated heterocycles. The Balaban J connectivity index is 1.95. The van der Waals surface area contributed by atoms with Gasteiger partial charge in [0.1, 0.15) is 11.5 Å². The summed E-state index contributed by atoms with van der Waals surface area (Å²) in [4.78, 5) is 3.85. The maximum Gasteiger partial charge on any atom is 0.147 e. The number of hydrogen-bond acceptors (Lipinski definition) is 2. The zero-order valence-corrected chi connectivity index (χ0v) is 7.99. The number of halogens is 1. The van der Waals surface area contributed by atoms with Crippen molar-refractivity contribution < 1.29 is 9.50 Å². The van der Waals surface area contributed by atoms with Crippen molar-refractivity contribution in [3.05, 3.63) is 29.8 Å². The fourth-order valence-corrected chi connectivity index (χ4v) is 1.58. The standard InChI is InChI=1S/C11H14FNO/c12-9-2-1-7-13-11(9)10(14)6-5-8-3-4-8/h1-2,7-8,10,14H,3-6H2. The Kier molecular flexibility index (Phi) is 2.77. The van der Waals surface area contributed by atoms with Crippen LogP contribution in [-0.4, -0.2) is 10.1 Å². The van der Waals surface area contributed by atoms with Crippen LogP contribution in [0.25, 0.3) is 0 Å². The van der Waals surface area contributed by atoms with Crippen molar-refractivity contribution in [3.63, 3.8) is 0 Å². The zero-order valence-electron chi connectivity index (χ0n) is 7.99. The second-order valence-electron chi connectivity index (χ2n) is 3.91. The van der Waals surface area contributed by atoms with Gasteiger partial charge >= 0.3 is 0 Å². The number of rotatable bonds is 4. The molecule has 0 aliphatic heterocycles. The van der Waals surface area contributed by atoms with Crippen molar-refractivity contribution in [1.82, 2.24) is 4.98 Å². The molecule has 1 aromatic rings. The van der Waals surface area contributed by atoms with Gasteiger partial charge in [0.05, 0.1) is 6.10 Å². The first-order chi connectivity index (χ1) is 6.77. The minimum Gasteiger partial charge on any atom is -0.387 e. The number of pyridine rings is 1. The molecule has 1 aliphatic rings. The molecule has 1 aliphatic carbocycles. The molecule has 2 rings (SSSR count). The number of hydrogen-bond donors (Lipinski definition) is 1. The smallest absolute Gasteiger partial charge is 0.147 e. The molecule has 0 bridgehead atoms. The van der Waals surface area contributed by atoms with E-state index in [2.05, 4.69) is 4.98 Å². The molecule has 0 aromatic carbocycles. The first-order valence-corrected chi connectivity index (χ1v) is 5.06. The molecule has 1 unspecified atom stereocenters. The van der Waals surface area contributed by atoms with Crippen LogP contribution >= 0.6 is 0 Å². The second kappa shape index (κ2) is 4.05. The summed E-state index contributed by atoms with van der Waals surface area (Å²) in [5.74, 6) is 0.354. The normalized spacial score (nSPS) is 18.1. The van der Waals surface area contributed by atoms with Gasteiger partial charge in [0.2, 0.25) is 0 Å². The van der Waals surface area contributed by atoms with Crippen molar-refractivity contribution in [2.24, 2.45) is 5.92 Å². The van der Waals surface area contributed by atoms with Crippen LogP contribution in [0.3, 0.4) is 0 Å². The summed E-state index contributed by atoms with van der Waals surface area (Å²) >= 11 is 0. The third-order valence-electron chi connectivity index (χ3n) is 2.65. The average molecular weight is 195 g/mol. The summed E-state index contributed by atoms with van der Waals surface area (Å²) in [7, 11) is 0.